The third kappa shape index (κ3) is 8.48. The molecule has 3 rings (SSSR count). The van der Waals surface area contributed by atoms with Gasteiger partial charge in [0.15, 0.2) is 15.5 Å². The van der Waals surface area contributed by atoms with Crippen LogP contribution in [0.25, 0.3) is 0 Å². The molecule has 0 saturated heterocycles. The Morgan fingerprint density at radius 3 is 1.33 bits per heavy atom. The summed E-state index contributed by atoms with van der Waals surface area (Å²) in [5.74, 6) is 1.91. The zero-order valence-electron chi connectivity index (χ0n) is 13.8. The molecule has 12 heteroatoms. The highest BCUT2D eigenvalue weighted by molar-refractivity contribution is 8.79. The van der Waals surface area contributed by atoms with Crippen molar-refractivity contribution in [1.82, 2.24) is 29.9 Å². The average molecular weight is 471 g/mol. The van der Waals surface area contributed by atoms with E-state index < -0.39 is 0 Å². The van der Waals surface area contributed by atoms with Gasteiger partial charge in [-0.1, -0.05) is 32.4 Å². The van der Waals surface area contributed by atoms with Crippen molar-refractivity contribution in [2.75, 3.05) is 11.5 Å². The fraction of sp³-hybridized carbons (Fsp3) is 0.200. The standard InChI is InChI=1S/C15H14N6S6/c1-4-16-13(17-5-1)25-22-10-12(24-27-15-20-8-3-9-21-15)11-23-26-14-18-6-2-7-19-14/h1-9,12H,10-11H2. The smallest absolute Gasteiger partial charge is 0.198 e. The first kappa shape index (κ1) is 21.1. The van der Waals surface area contributed by atoms with E-state index in [-0.39, 0.29) is 0 Å². The number of nitrogens with zero attached hydrogens (tertiary/aromatic N) is 6. The molecule has 0 radical (unpaired) electrons. The van der Waals surface area contributed by atoms with Crippen LogP contribution >= 0.6 is 64.8 Å². The Labute approximate surface area is 181 Å². The number of aromatic nitrogens is 6. The second-order valence-corrected chi connectivity index (χ2v) is 11.7. The van der Waals surface area contributed by atoms with Crippen molar-refractivity contribution in [3.8, 4) is 0 Å². The molecule has 0 spiro atoms. The van der Waals surface area contributed by atoms with Gasteiger partial charge in [0, 0.05) is 53.9 Å². The van der Waals surface area contributed by atoms with Crippen molar-refractivity contribution >= 4 is 64.8 Å². The van der Waals surface area contributed by atoms with Crippen molar-refractivity contribution in [3.05, 3.63) is 55.4 Å². The molecule has 0 bridgehead atoms. The summed E-state index contributed by atoms with van der Waals surface area (Å²) >= 11 is 0. The van der Waals surface area contributed by atoms with E-state index in [9.17, 15) is 0 Å². The normalized spacial score (nSPS) is 11.0. The van der Waals surface area contributed by atoms with Crippen LogP contribution in [0.3, 0.4) is 0 Å². The molecule has 3 heterocycles. The lowest BCUT2D eigenvalue weighted by molar-refractivity contribution is 0.973. The zero-order valence-corrected chi connectivity index (χ0v) is 18.7. The van der Waals surface area contributed by atoms with Gasteiger partial charge in [-0.25, -0.2) is 29.9 Å². The second kappa shape index (κ2) is 12.7. The van der Waals surface area contributed by atoms with Gasteiger partial charge < -0.3 is 0 Å². The Morgan fingerprint density at radius 2 is 0.926 bits per heavy atom. The maximum atomic E-state index is 4.27. The molecule has 0 aliphatic rings. The minimum atomic E-state index is 0.404. The summed E-state index contributed by atoms with van der Waals surface area (Å²) in [6, 6.07) is 5.47. The highest BCUT2D eigenvalue weighted by Crippen LogP contribution is 2.40. The van der Waals surface area contributed by atoms with Gasteiger partial charge in [-0.05, 0) is 50.6 Å². The summed E-state index contributed by atoms with van der Waals surface area (Å²) < 4.78 is 0. The molecule has 0 fully saturated rings. The molecular formula is C15H14N6S6. The van der Waals surface area contributed by atoms with Gasteiger partial charge in [0.1, 0.15) is 0 Å². The third-order valence-electron chi connectivity index (χ3n) is 2.66. The minimum absolute atomic E-state index is 0.404. The lowest BCUT2D eigenvalue weighted by Gasteiger charge is -2.13. The molecule has 140 valence electrons. The van der Waals surface area contributed by atoms with Gasteiger partial charge >= 0.3 is 0 Å². The van der Waals surface area contributed by atoms with Crippen LogP contribution < -0.4 is 0 Å². The van der Waals surface area contributed by atoms with Crippen LogP contribution in [0.1, 0.15) is 0 Å². The molecule has 0 atom stereocenters. The summed E-state index contributed by atoms with van der Waals surface area (Å²) in [7, 11) is 10.1. The van der Waals surface area contributed by atoms with Crippen LogP contribution in [-0.2, 0) is 0 Å². The molecule has 0 aliphatic carbocycles. The maximum absolute atomic E-state index is 4.27. The Hall–Kier alpha value is -0.660. The summed E-state index contributed by atoms with van der Waals surface area (Å²) in [6.07, 6.45) is 10.6. The van der Waals surface area contributed by atoms with Crippen LogP contribution in [0.4, 0.5) is 0 Å². The predicted octanol–water partition coefficient (Wildman–Crippen LogP) is 5.05. The highest BCUT2D eigenvalue weighted by Gasteiger charge is 2.14. The van der Waals surface area contributed by atoms with Gasteiger partial charge in [0.25, 0.3) is 0 Å². The first-order valence-corrected chi connectivity index (χ1v) is 14.5. The lowest BCUT2D eigenvalue weighted by atomic mass is 10.6. The largest absolute Gasteiger partial charge is 0.230 e. The molecule has 0 unspecified atom stereocenters. The van der Waals surface area contributed by atoms with Crippen molar-refractivity contribution in [2.24, 2.45) is 0 Å². The van der Waals surface area contributed by atoms with Crippen LogP contribution in [0, 0.1) is 0 Å². The quantitative estimate of drug-likeness (QED) is 0.278. The van der Waals surface area contributed by atoms with E-state index in [1.165, 1.54) is 0 Å². The van der Waals surface area contributed by atoms with E-state index in [0.717, 1.165) is 27.0 Å². The number of hydrogen-bond donors (Lipinski definition) is 0. The van der Waals surface area contributed by atoms with E-state index in [1.54, 1.807) is 102 Å². The summed E-state index contributed by atoms with van der Waals surface area (Å²) in [5.41, 5.74) is 0. The number of hydrogen-bond acceptors (Lipinski definition) is 12. The van der Waals surface area contributed by atoms with E-state index in [1.807, 2.05) is 18.2 Å². The minimum Gasteiger partial charge on any atom is -0.230 e. The molecule has 6 nitrogen and oxygen atoms in total. The third-order valence-corrected chi connectivity index (χ3v) is 10.1. The Kier molecular flexibility index (Phi) is 9.93. The van der Waals surface area contributed by atoms with Crippen LogP contribution in [0.5, 0.6) is 0 Å². The fourth-order valence-corrected chi connectivity index (χ4v) is 9.24. The van der Waals surface area contributed by atoms with Gasteiger partial charge in [0.05, 0.1) is 0 Å². The van der Waals surface area contributed by atoms with Gasteiger partial charge in [-0.2, -0.15) is 0 Å². The monoisotopic (exact) mass is 470 g/mol. The van der Waals surface area contributed by atoms with E-state index in [2.05, 4.69) is 29.9 Å². The lowest BCUT2D eigenvalue weighted by Crippen LogP contribution is -2.07. The predicted molar refractivity (Wildman–Crippen MR) is 120 cm³/mol. The zero-order chi connectivity index (χ0) is 18.6. The van der Waals surface area contributed by atoms with Gasteiger partial charge in [-0.3, -0.25) is 0 Å². The maximum Gasteiger partial charge on any atom is 0.198 e. The summed E-state index contributed by atoms with van der Waals surface area (Å²) in [6.45, 7) is 0. The molecule has 3 aromatic heterocycles. The van der Waals surface area contributed by atoms with Crippen molar-refractivity contribution in [1.29, 1.82) is 0 Å². The van der Waals surface area contributed by atoms with Crippen molar-refractivity contribution in [2.45, 2.75) is 20.7 Å². The Morgan fingerprint density at radius 1 is 0.556 bits per heavy atom. The molecule has 0 amide bonds. The van der Waals surface area contributed by atoms with Gasteiger partial charge in [0.2, 0.25) is 0 Å². The molecule has 27 heavy (non-hydrogen) atoms. The van der Waals surface area contributed by atoms with Crippen LogP contribution in [-0.4, -0.2) is 46.7 Å². The topological polar surface area (TPSA) is 77.3 Å². The molecule has 0 N–H and O–H groups in total. The number of rotatable bonds is 11. The van der Waals surface area contributed by atoms with Gasteiger partial charge in [-0.15, -0.1) is 0 Å². The van der Waals surface area contributed by atoms with Crippen molar-refractivity contribution in [3.63, 3.8) is 0 Å². The van der Waals surface area contributed by atoms with E-state index in [0.29, 0.717) is 5.25 Å². The molecular weight excluding hydrogens is 457 g/mol. The fourth-order valence-electron chi connectivity index (χ4n) is 1.53. The molecule has 0 aliphatic heterocycles. The summed E-state index contributed by atoms with van der Waals surface area (Å²) in [4.78, 5) is 25.5. The van der Waals surface area contributed by atoms with Crippen LogP contribution in [0.15, 0.2) is 70.8 Å². The second-order valence-electron chi connectivity index (χ2n) is 4.63. The molecule has 0 aromatic carbocycles. The molecule has 0 saturated carbocycles. The summed E-state index contributed by atoms with van der Waals surface area (Å²) in [5, 5.41) is 2.75. The average Bonchev–Trinajstić information content (AvgIpc) is 2.74. The van der Waals surface area contributed by atoms with E-state index >= 15 is 0 Å². The van der Waals surface area contributed by atoms with Crippen molar-refractivity contribution < 1.29 is 0 Å². The Bertz CT molecular complexity index is 724. The first-order chi connectivity index (χ1) is 13.4. The van der Waals surface area contributed by atoms with Crippen LogP contribution in [0.2, 0.25) is 0 Å². The SMILES string of the molecule is c1cnc(SSCC(CSSc2ncccn2)SSc2ncccn2)nc1. The highest BCUT2D eigenvalue weighted by atomic mass is 33.1. The van der Waals surface area contributed by atoms with E-state index in [4.69, 9.17) is 0 Å². The first-order valence-electron chi connectivity index (χ1n) is 7.63. The Balaban J connectivity index is 1.47. The molecule has 3 aromatic rings.